The van der Waals surface area contributed by atoms with Crippen molar-refractivity contribution in [3.63, 3.8) is 0 Å². The zero-order chi connectivity index (χ0) is 16.9. The zero-order valence-corrected chi connectivity index (χ0v) is 13.3. The lowest BCUT2D eigenvalue weighted by Gasteiger charge is -2.36. The summed E-state index contributed by atoms with van der Waals surface area (Å²) in [7, 11) is 0. The molecule has 6 heteroatoms. The summed E-state index contributed by atoms with van der Waals surface area (Å²) >= 11 is 0. The Morgan fingerprint density at radius 1 is 1.04 bits per heavy atom. The molecule has 0 radical (unpaired) electrons. The number of nitro groups is 1. The first kappa shape index (κ1) is 16.0. The van der Waals surface area contributed by atoms with E-state index in [1.807, 2.05) is 24.3 Å². The summed E-state index contributed by atoms with van der Waals surface area (Å²) in [4.78, 5) is 14.9. The van der Waals surface area contributed by atoms with Gasteiger partial charge in [0.1, 0.15) is 0 Å². The van der Waals surface area contributed by atoms with E-state index in [4.69, 9.17) is 0 Å². The van der Waals surface area contributed by atoms with Gasteiger partial charge in [-0.05, 0) is 23.8 Å². The molecule has 0 spiro atoms. The number of hydrogen-bond donors (Lipinski definition) is 0. The lowest BCUT2D eigenvalue weighted by Crippen LogP contribution is -2.46. The molecule has 122 valence electrons. The molecule has 0 aliphatic carbocycles. The Hall–Kier alpha value is -2.91. The topological polar surface area (TPSA) is 73.4 Å². The first-order valence-corrected chi connectivity index (χ1v) is 7.87. The Balaban J connectivity index is 1.59. The third-order valence-corrected chi connectivity index (χ3v) is 4.33. The minimum absolute atomic E-state index is 0.116. The van der Waals surface area contributed by atoms with Crippen LogP contribution in [0.2, 0.25) is 0 Å². The molecule has 0 unspecified atom stereocenters. The monoisotopic (exact) mass is 322 g/mol. The Labute approximate surface area is 140 Å². The predicted octanol–water partition coefficient (Wildman–Crippen LogP) is 2.79. The molecule has 3 rings (SSSR count). The van der Waals surface area contributed by atoms with Gasteiger partial charge >= 0.3 is 0 Å². The fourth-order valence-electron chi connectivity index (χ4n) is 2.96. The number of rotatable bonds is 4. The predicted molar refractivity (Wildman–Crippen MR) is 91.7 cm³/mol. The fraction of sp³-hybridized carbons (Fsp3) is 0.278. The van der Waals surface area contributed by atoms with E-state index in [0.29, 0.717) is 0 Å². The summed E-state index contributed by atoms with van der Waals surface area (Å²) in [5.74, 6) is 0. The number of nitriles is 1. The molecule has 24 heavy (non-hydrogen) atoms. The first-order valence-electron chi connectivity index (χ1n) is 7.87. The molecule has 2 aromatic rings. The highest BCUT2D eigenvalue weighted by Gasteiger charge is 2.18. The van der Waals surface area contributed by atoms with Gasteiger partial charge in [-0.2, -0.15) is 5.26 Å². The van der Waals surface area contributed by atoms with E-state index in [0.717, 1.165) is 49.5 Å². The second kappa shape index (κ2) is 7.11. The molecule has 0 aromatic heterocycles. The lowest BCUT2D eigenvalue weighted by atomic mass is 10.1. The van der Waals surface area contributed by atoms with Gasteiger partial charge < -0.3 is 4.90 Å². The van der Waals surface area contributed by atoms with Gasteiger partial charge in [0.05, 0.1) is 16.6 Å². The summed E-state index contributed by atoms with van der Waals surface area (Å²) in [6.07, 6.45) is 0. The van der Waals surface area contributed by atoms with Crippen molar-refractivity contribution in [2.24, 2.45) is 0 Å². The van der Waals surface area contributed by atoms with E-state index in [2.05, 4.69) is 15.9 Å². The summed E-state index contributed by atoms with van der Waals surface area (Å²) < 4.78 is 0. The third-order valence-electron chi connectivity index (χ3n) is 4.33. The quantitative estimate of drug-likeness (QED) is 0.639. The van der Waals surface area contributed by atoms with Crippen molar-refractivity contribution in [1.29, 1.82) is 5.26 Å². The molecular weight excluding hydrogens is 304 g/mol. The summed E-state index contributed by atoms with van der Waals surface area (Å²) in [6, 6.07) is 16.6. The normalized spacial score (nSPS) is 15.0. The van der Waals surface area contributed by atoms with Crippen LogP contribution in [0.1, 0.15) is 11.1 Å². The van der Waals surface area contributed by atoms with Crippen molar-refractivity contribution in [2.75, 3.05) is 31.1 Å². The maximum absolute atomic E-state index is 10.7. The van der Waals surface area contributed by atoms with E-state index in [1.165, 1.54) is 0 Å². The highest BCUT2D eigenvalue weighted by Crippen LogP contribution is 2.21. The molecule has 0 bridgehead atoms. The smallest absolute Gasteiger partial charge is 0.269 e. The molecule has 0 saturated carbocycles. The fourth-order valence-corrected chi connectivity index (χ4v) is 2.96. The van der Waals surface area contributed by atoms with E-state index >= 15 is 0 Å². The van der Waals surface area contributed by atoms with Crippen LogP contribution in [0.25, 0.3) is 0 Å². The molecule has 1 saturated heterocycles. The van der Waals surface area contributed by atoms with Crippen molar-refractivity contribution in [1.82, 2.24) is 4.90 Å². The van der Waals surface area contributed by atoms with Crippen LogP contribution in [0.3, 0.4) is 0 Å². The molecule has 6 nitrogen and oxygen atoms in total. The van der Waals surface area contributed by atoms with E-state index in [1.54, 1.807) is 24.3 Å². The average Bonchev–Trinajstić information content (AvgIpc) is 2.63. The van der Waals surface area contributed by atoms with Gasteiger partial charge in [-0.1, -0.05) is 18.2 Å². The number of hydrogen-bond acceptors (Lipinski definition) is 5. The molecule has 1 heterocycles. The molecule has 0 N–H and O–H groups in total. The molecule has 0 amide bonds. The number of nitro benzene ring substituents is 1. The van der Waals surface area contributed by atoms with E-state index in [9.17, 15) is 15.4 Å². The zero-order valence-electron chi connectivity index (χ0n) is 13.3. The Morgan fingerprint density at radius 3 is 2.33 bits per heavy atom. The summed E-state index contributed by atoms with van der Waals surface area (Å²) in [5, 5.41) is 19.9. The van der Waals surface area contributed by atoms with Crippen molar-refractivity contribution in [3.8, 4) is 6.07 Å². The van der Waals surface area contributed by atoms with Crippen molar-refractivity contribution >= 4 is 11.4 Å². The van der Waals surface area contributed by atoms with Crippen LogP contribution in [0.4, 0.5) is 11.4 Å². The number of nitrogens with zero attached hydrogens (tertiary/aromatic N) is 4. The van der Waals surface area contributed by atoms with Gasteiger partial charge in [-0.15, -0.1) is 0 Å². The summed E-state index contributed by atoms with van der Waals surface area (Å²) in [5.41, 5.74) is 2.92. The van der Waals surface area contributed by atoms with Crippen molar-refractivity contribution in [2.45, 2.75) is 6.54 Å². The largest absolute Gasteiger partial charge is 0.369 e. The maximum atomic E-state index is 10.7. The van der Waals surface area contributed by atoms with Crippen LogP contribution >= 0.6 is 0 Å². The molecular formula is C18H18N4O2. The Kier molecular flexibility index (Phi) is 4.73. The molecule has 2 aromatic carbocycles. The van der Waals surface area contributed by atoms with Crippen LogP contribution in [0, 0.1) is 21.4 Å². The van der Waals surface area contributed by atoms with Gasteiger partial charge in [0.15, 0.2) is 0 Å². The molecule has 1 fully saturated rings. The van der Waals surface area contributed by atoms with Gasteiger partial charge in [0.2, 0.25) is 0 Å². The van der Waals surface area contributed by atoms with Gasteiger partial charge in [0, 0.05) is 50.5 Å². The van der Waals surface area contributed by atoms with Crippen molar-refractivity contribution in [3.05, 3.63) is 69.8 Å². The second-order valence-corrected chi connectivity index (χ2v) is 5.81. The number of piperazine rings is 1. The molecule has 0 atom stereocenters. The number of non-ortho nitro benzene ring substituents is 1. The van der Waals surface area contributed by atoms with E-state index in [-0.39, 0.29) is 10.6 Å². The average molecular weight is 322 g/mol. The van der Waals surface area contributed by atoms with Gasteiger partial charge in [-0.25, -0.2) is 0 Å². The van der Waals surface area contributed by atoms with Crippen LogP contribution in [-0.4, -0.2) is 36.0 Å². The minimum Gasteiger partial charge on any atom is -0.369 e. The minimum atomic E-state index is -0.381. The third kappa shape index (κ3) is 3.53. The maximum Gasteiger partial charge on any atom is 0.269 e. The van der Waals surface area contributed by atoms with E-state index < -0.39 is 0 Å². The molecule has 1 aliphatic rings. The highest BCUT2D eigenvalue weighted by molar-refractivity contribution is 5.51. The van der Waals surface area contributed by atoms with Crippen LogP contribution in [-0.2, 0) is 6.54 Å². The van der Waals surface area contributed by atoms with Crippen molar-refractivity contribution < 1.29 is 4.92 Å². The summed E-state index contributed by atoms with van der Waals surface area (Å²) in [6.45, 7) is 4.31. The molecule has 1 aliphatic heterocycles. The van der Waals surface area contributed by atoms with Crippen LogP contribution in [0.5, 0.6) is 0 Å². The SMILES string of the molecule is N#Cc1ccccc1CN1CCN(c2ccc([N+](=O)[O-])cc2)CC1. The van der Waals surface area contributed by atoms with Gasteiger partial charge in [0.25, 0.3) is 5.69 Å². The Bertz CT molecular complexity index is 759. The van der Waals surface area contributed by atoms with Gasteiger partial charge in [-0.3, -0.25) is 15.0 Å². The number of benzene rings is 2. The van der Waals surface area contributed by atoms with Crippen LogP contribution in [0.15, 0.2) is 48.5 Å². The highest BCUT2D eigenvalue weighted by atomic mass is 16.6. The standard InChI is InChI=1S/C18H18N4O2/c19-13-15-3-1-2-4-16(15)14-20-9-11-21(12-10-20)17-5-7-18(8-6-17)22(23)24/h1-8H,9-12,14H2. The number of anilines is 1. The lowest BCUT2D eigenvalue weighted by molar-refractivity contribution is -0.384. The van der Waals surface area contributed by atoms with Crippen LogP contribution < -0.4 is 4.90 Å². The second-order valence-electron chi connectivity index (χ2n) is 5.81. The Morgan fingerprint density at radius 2 is 1.71 bits per heavy atom. The first-order chi connectivity index (χ1) is 11.7.